The molecule has 0 amide bonds. The normalized spacial score (nSPS) is 14.5. The highest BCUT2D eigenvalue weighted by molar-refractivity contribution is 5.81. The molecule has 0 aliphatic carbocycles. The summed E-state index contributed by atoms with van der Waals surface area (Å²) in [4.78, 5) is 4.44. The minimum Gasteiger partial charge on any atom is -0.316 e. The Balaban J connectivity index is 2.24. The van der Waals surface area contributed by atoms with E-state index in [-0.39, 0.29) is 0 Å². The molecule has 1 aromatic carbocycles. The average molecular weight is 256 g/mol. The summed E-state index contributed by atoms with van der Waals surface area (Å²) < 4.78 is 0. The maximum absolute atomic E-state index is 4.44. The Bertz CT molecular complexity index is 516. The number of fused-ring (bicyclic) bond motifs is 1. The van der Waals surface area contributed by atoms with Crippen molar-refractivity contribution in [2.75, 3.05) is 7.05 Å². The van der Waals surface area contributed by atoms with Crippen LogP contribution in [0.5, 0.6) is 0 Å². The van der Waals surface area contributed by atoms with Crippen molar-refractivity contribution in [3.05, 3.63) is 42.1 Å². The smallest absolute Gasteiger partial charge is 0.0704 e. The lowest BCUT2D eigenvalue weighted by Crippen LogP contribution is -2.34. The molecule has 0 fully saturated rings. The van der Waals surface area contributed by atoms with E-state index in [1.54, 1.807) is 0 Å². The number of nitrogens with zero attached hydrogens (tertiary/aromatic N) is 1. The minimum absolute atomic E-state index is 0.533. The topological polar surface area (TPSA) is 24.9 Å². The highest BCUT2D eigenvalue weighted by Crippen LogP contribution is 2.21. The number of hydrogen-bond donors (Lipinski definition) is 1. The van der Waals surface area contributed by atoms with Crippen molar-refractivity contribution < 1.29 is 0 Å². The maximum atomic E-state index is 4.44. The zero-order valence-electron chi connectivity index (χ0n) is 12.2. The van der Waals surface area contributed by atoms with Crippen molar-refractivity contribution in [2.45, 2.75) is 39.2 Å². The van der Waals surface area contributed by atoms with Gasteiger partial charge < -0.3 is 5.32 Å². The predicted molar refractivity (Wildman–Crippen MR) is 82.4 cm³/mol. The van der Waals surface area contributed by atoms with E-state index in [0.29, 0.717) is 12.0 Å². The van der Waals surface area contributed by atoms with Crippen molar-refractivity contribution in [1.82, 2.24) is 10.3 Å². The summed E-state index contributed by atoms with van der Waals surface area (Å²) in [5.41, 5.74) is 2.49. The van der Waals surface area contributed by atoms with Crippen LogP contribution < -0.4 is 5.32 Å². The second kappa shape index (κ2) is 6.67. The first-order valence-electron chi connectivity index (χ1n) is 7.26. The SMILES string of the molecule is CCCC(C)C(Cc1ccnc2ccccc12)NC. The van der Waals surface area contributed by atoms with Crippen LogP contribution in [0, 0.1) is 5.92 Å². The Morgan fingerprint density at radius 1 is 1.21 bits per heavy atom. The van der Waals surface area contributed by atoms with E-state index in [1.807, 2.05) is 12.3 Å². The third kappa shape index (κ3) is 3.32. The van der Waals surface area contributed by atoms with Crippen molar-refractivity contribution in [3.8, 4) is 0 Å². The fourth-order valence-electron chi connectivity index (χ4n) is 2.81. The van der Waals surface area contributed by atoms with Gasteiger partial charge in [-0.1, -0.05) is 38.5 Å². The van der Waals surface area contributed by atoms with Gasteiger partial charge in [-0.15, -0.1) is 0 Å². The lowest BCUT2D eigenvalue weighted by molar-refractivity contribution is 0.372. The van der Waals surface area contributed by atoms with Gasteiger partial charge in [0.25, 0.3) is 0 Å². The number of benzene rings is 1. The first kappa shape index (κ1) is 14.0. The second-order valence-electron chi connectivity index (χ2n) is 5.35. The monoisotopic (exact) mass is 256 g/mol. The molecular formula is C17H24N2. The van der Waals surface area contributed by atoms with Crippen LogP contribution >= 0.6 is 0 Å². The molecule has 0 saturated heterocycles. The molecule has 1 aromatic heterocycles. The largest absolute Gasteiger partial charge is 0.316 e. The quantitative estimate of drug-likeness (QED) is 0.850. The number of hydrogen-bond acceptors (Lipinski definition) is 2. The van der Waals surface area contributed by atoms with Gasteiger partial charge in [0, 0.05) is 17.6 Å². The van der Waals surface area contributed by atoms with Gasteiger partial charge in [-0.05, 0) is 43.5 Å². The van der Waals surface area contributed by atoms with Crippen molar-refractivity contribution in [2.24, 2.45) is 5.92 Å². The Labute approximate surface area is 116 Å². The molecule has 2 atom stereocenters. The fraction of sp³-hybridized carbons (Fsp3) is 0.471. The molecule has 0 spiro atoms. The predicted octanol–water partition coefficient (Wildman–Crippen LogP) is 3.80. The van der Waals surface area contributed by atoms with Gasteiger partial charge in [-0.3, -0.25) is 4.98 Å². The van der Waals surface area contributed by atoms with Crippen LogP contribution in [0.15, 0.2) is 36.5 Å². The third-order valence-corrected chi connectivity index (χ3v) is 3.98. The molecule has 0 aliphatic rings. The number of nitrogens with one attached hydrogen (secondary N) is 1. The molecule has 1 N–H and O–H groups in total. The van der Waals surface area contributed by atoms with E-state index in [2.05, 4.69) is 55.5 Å². The molecule has 0 saturated carbocycles. The summed E-state index contributed by atoms with van der Waals surface area (Å²) in [6.07, 6.45) is 5.51. The van der Waals surface area contributed by atoms with Gasteiger partial charge >= 0.3 is 0 Å². The Hall–Kier alpha value is -1.41. The van der Waals surface area contributed by atoms with E-state index < -0.39 is 0 Å². The van der Waals surface area contributed by atoms with Crippen LogP contribution in [-0.2, 0) is 6.42 Å². The van der Waals surface area contributed by atoms with Crippen LogP contribution in [0.2, 0.25) is 0 Å². The molecule has 2 aromatic rings. The van der Waals surface area contributed by atoms with Crippen molar-refractivity contribution in [3.63, 3.8) is 0 Å². The summed E-state index contributed by atoms with van der Waals surface area (Å²) >= 11 is 0. The van der Waals surface area contributed by atoms with Crippen LogP contribution in [0.3, 0.4) is 0 Å². The third-order valence-electron chi connectivity index (χ3n) is 3.98. The minimum atomic E-state index is 0.533. The molecule has 102 valence electrons. The van der Waals surface area contributed by atoms with E-state index in [0.717, 1.165) is 11.9 Å². The molecule has 2 nitrogen and oxygen atoms in total. The van der Waals surface area contributed by atoms with Gasteiger partial charge in [-0.2, -0.15) is 0 Å². The Morgan fingerprint density at radius 3 is 2.74 bits per heavy atom. The highest BCUT2D eigenvalue weighted by Gasteiger charge is 2.16. The first-order valence-corrected chi connectivity index (χ1v) is 7.26. The Morgan fingerprint density at radius 2 is 2.00 bits per heavy atom. The number of likely N-dealkylation sites (N-methyl/N-ethyl adjacent to an activating group) is 1. The number of pyridine rings is 1. The molecule has 0 aliphatic heterocycles. The van der Waals surface area contributed by atoms with Gasteiger partial charge in [0.05, 0.1) is 5.52 Å². The zero-order valence-corrected chi connectivity index (χ0v) is 12.2. The summed E-state index contributed by atoms with van der Waals surface area (Å²) in [5.74, 6) is 0.696. The molecule has 19 heavy (non-hydrogen) atoms. The van der Waals surface area contributed by atoms with Gasteiger partial charge in [0.1, 0.15) is 0 Å². The van der Waals surface area contributed by atoms with E-state index in [4.69, 9.17) is 0 Å². The van der Waals surface area contributed by atoms with Gasteiger partial charge in [0.2, 0.25) is 0 Å². The molecule has 0 radical (unpaired) electrons. The summed E-state index contributed by atoms with van der Waals surface area (Å²) in [7, 11) is 2.07. The van der Waals surface area contributed by atoms with Gasteiger partial charge in [-0.25, -0.2) is 0 Å². The van der Waals surface area contributed by atoms with Crippen molar-refractivity contribution >= 4 is 10.9 Å². The second-order valence-corrected chi connectivity index (χ2v) is 5.35. The lowest BCUT2D eigenvalue weighted by Gasteiger charge is -2.24. The molecule has 1 heterocycles. The summed E-state index contributed by atoms with van der Waals surface area (Å²) in [5, 5.41) is 4.77. The van der Waals surface area contributed by atoms with E-state index in [1.165, 1.54) is 23.8 Å². The molecule has 2 unspecified atom stereocenters. The van der Waals surface area contributed by atoms with Crippen LogP contribution in [0.1, 0.15) is 32.3 Å². The highest BCUT2D eigenvalue weighted by atomic mass is 14.9. The summed E-state index contributed by atoms with van der Waals surface area (Å²) in [6, 6.07) is 11.1. The fourth-order valence-corrected chi connectivity index (χ4v) is 2.81. The Kier molecular flexibility index (Phi) is 4.92. The maximum Gasteiger partial charge on any atom is 0.0704 e. The number of aromatic nitrogens is 1. The van der Waals surface area contributed by atoms with Crippen LogP contribution in [0.4, 0.5) is 0 Å². The van der Waals surface area contributed by atoms with E-state index >= 15 is 0 Å². The molecular weight excluding hydrogens is 232 g/mol. The van der Waals surface area contributed by atoms with Crippen LogP contribution in [-0.4, -0.2) is 18.1 Å². The summed E-state index contributed by atoms with van der Waals surface area (Å²) in [6.45, 7) is 4.60. The lowest BCUT2D eigenvalue weighted by atomic mass is 9.90. The number of rotatable bonds is 6. The van der Waals surface area contributed by atoms with Gasteiger partial charge in [0.15, 0.2) is 0 Å². The molecule has 2 heteroatoms. The number of para-hydroxylation sites is 1. The van der Waals surface area contributed by atoms with E-state index in [9.17, 15) is 0 Å². The van der Waals surface area contributed by atoms with Crippen LogP contribution in [0.25, 0.3) is 10.9 Å². The van der Waals surface area contributed by atoms with Crippen molar-refractivity contribution in [1.29, 1.82) is 0 Å². The molecule has 2 rings (SSSR count). The standard InChI is InChI=1S/C17H24N2/c1-4-7-13(2)17(18-3)12-14-10-11-19-16-9-6-5-8-15(14)16/h5-6,8-11,13,17-18H,4,7,12H2,1-3H3. The first-order chi connectivity index (χ1) is 9.26. The molecule has 0 bridgehead atoms. The zero-order chi connectivity index (χ0) is 13.7. The average Bonchev–Trinajstić information content (AvgIpc) is 2.45.